The summed E-state index contributed by atoms with van der Waals surface area (Å²) < 4.78 is 0. The van der Waals surface area contributed by atoms with E-state index < -0.39 is 9.85 Å². The lowest BCUT2D eigenvalue weighted by Crippen LogP contribution is -2.06. The lowest BCUT2D eigenvalue weighted by atomic mass is 10.3. The standard InChI is InChI=1S/C14H12N4O4/c1-10(15-11-2-6-13(7-3-11)17(19)20)16-12-4-8-14(9-5-12)18(21)22/h2-9H,1H3,(H,15,16). The molecule has 0 saturated heterocycles. The molecule has 2 rings (SSSR count). The number of nitro groups is 2. The molecule has 0 bridgehead atoms. The first kappa shape index (κ1) is 15.1. The molecule has 0 unspecified atom stereocenters. The molecule has 0 heterocycles. The van der Waals surface area contributed by atoms with E-state index in [9.17, 15) is 20.2 Å². The fraction of sp³-hybridized carbons (Fsp3) is 0.0714. The number of rotatable bonds is 4. The zero-order chi connectivity index (χ0) is 16.1. The Hall–Kier alpha value is -3.29. The first-order valence-electron chi connectivity index (χ1n) is 6.27. The van der Waals surface area contributed by atoms with Crippen LogP contribution in [0.15, 0.2) is 53.5 Å². The number of hydrogen-bond acceptors (Lipinski definition) is 5. The van der Waals surface area contributed by atoms with Crippen LogP contribution in [0.25, 0.3) is 0 Å². The second-order valence-electron chi connectivity index (χ2n) is 4.40. The van der Waals surface area contributed by atoms with Gasteiger partial charge in [-0.15, -0.1) is 0 Å². The molecule has 2 aromatic rings. The van der Waals surface area contributed by atoms with E-state index >= 15 is 0 Å². The summed E-state index contributed by atoms with van der Waals surface area (Å²) in [5.41, 5.74) is 1.24. The van der Waals surface area contributed by atoms with Crippen molar-refractivity contribution in [3.05, 3.63) is 68.8 Å². The molecule has 22 heavy (non-hydrogen) atoms. The van der Waals surface area contributed by atoms with E-state index in [1.807, 2.05) is 0 Å². The Balaban J connectivity index is 2.08. The van der Waals surface area contributed by atoms with Crippen molar-refractivity contribution in [1.29, 1.82) is 0 Å². The van der Waals surface area contributed by atoms with Crippen LogP contribution in [-0.4, -0.2) is 15.7 Å². The van der Waals surface area contributed by atoms with E-state index in [1.54, 1.807) is 31.2 Å². The van der Waals surface area contributed by atoms with Gasteiger partial charge in [-0.3, -0.25) is 20.2 Å². The molecule has 112 valence electrons. The first-order chi connectivity index (χ1) is 10.5. The number of nitro benzene ring substituents is 2. The van der Waals surface area contributed by atoms with Crippen molar-refractivity contribution >= 4 is 28.6 Å². The van der Waals surface area contributed by atoms with E-state index in [1.165, 1.54) is 24.3 Å². The van der Waals surface area contributed by atoms with Crippen LogP contribution in [0.5, 0.6) is 0 Å². The summed E-state index contributed by atoms with van der Waals surface area (Å²) >= 11 is 0. The minimum atomic E-state index is -0.477. The third-order valence-corrected chi connectivity index (χ3v) is 2.76. The highest BCUT2D eigenvalue weighted by atomic mass is 16.6. The summed E-state index contributed by atoms with van der Waals surface area (Å²) in [6, 6.07) is 11.8. The van der Waals surface area contributed by atoms with Gasteiger partial charge in [0.15, 0.2) is 0 Å². The molecule has 0 saturated carbocycles. The Morgan fingerprint density at radius 3 is 1.82 bits per heavy atom. The second-order valence-corrected chi connectivity index (χ2v) is 4.40. The van der Waals surface area contributed by atoms with Crippen molar-refractivity contribution in [1.82, 2.24) is 0 Å². The topological polar surface area (TPSA) is 111 Å². The van der Waals surface area contributed by atoms with Crippen LogP contribution in [0.4, 0.5) is 22.7 Å². The quantitative estimate of drug-likeness (QED) is 0.401. The summed E-state index contributed by atoms with van der Waals surface area (Å²) in [5, 5.41) is 24.1. The van der Waals surface area contributed by atoms with Gasteiger partial charge in [0.2, 0.25) is 0 Å². The Morgan fingerprint density at radius 1 is 0.909 bits per heavy atom. The maximum absolute atomic E-state index is 10.6. The molecule has 0 aliphatic rings. The van der Waals surface area contributed by atoms with Gasteiger partial charge in [0.05, 0.1) is 15.5 Å². The average molecular weight is 300 g/mol. The van der Waals surface area contributed by atoms with Crippen LogP contribution in [0.3, 0.4) is 0 Å². The van der Waals surface area contributed by atoms with Crippen molar-refractivity contribution in [2.75, 3.05) is 5.32 Å². The van der Waals surface area contributed by atoms with Gasteiger partial charge in [-0.1, -0.05) is 0 Å². The molecule has 8 heteroatoms. The lowest BCUT2D eigenvalue weighted by molar-refractivity contribution is -0.385. The number of amidine groups is 1. The molecule has 1 N–H and O–H groups in total. The van der Waals surface area contributed by atoms with Crippen LogP contribution in [0, 0.1) is 20.2 Å². The van der Waals surface area contributed by atoms with Crippen LogP contribution >= 0.6 is 0 Å². The normalized spacial score (nSPS) is 11.0. The molecule has 0 aliphatic carbocycles. The number of anilines is 1. The number of non-ortho nitro benzene ring substituents is 2. The maximum Gasteiger partial charge on any atom is 0.269 e. The third kappa shape index (κ3) is 3.85. The summed E-state index contributed by atoms with van der Waals surface area (Å²) in [6.45, 7) is 1.73. The zero-order valence-corrected chi connectivity index (χ0v) is 11.6. The number of aliphatic imine (C=N–C) groups is 1. The number of benzene rings is 2. The van der Waals surface area contributed by atoms with Gasteiger partial charge in [0, 0.05) is 30.0 Å². The minimum Gasteiger partial charge on any atom is -0.344 e. The van der Waals surface area contributed by atoms with Gasteiger partial charge in [0.25, 0.3) is 11.4 Å². The molecule has 0 radical (unpaired) electrons. The van der Waals surface area contributed by atoms with Crippen LogP contribution < -0.4 is 5.32 Å². The summed E-state index contributed by atoms with van der Waals surface area (Å²) in [7, 11) is 0. The molecule has 8 nitrogen and oxygen atoms in total. The van der Waals surface area contributed by atoms with E-state index in [2.05, 4.69) is 10.3 Å². The molecule has 0 aromatic heterocycles. The maximum atomic E-state index is 10.6. The van der Waals surface area contributed by atoms with Crippen molar-refractivity contribution in [3.63, 3.8) is 0 Å². The molecule has 0 fully saturated rings. The highest BCUT2D eigenvalue weighted by Gasteiger charge is 2.05. The molecule has 0 spiro atoms. The monoisotopic (exact) mass is 300 g/mol. The van der Waals surface area contributed by atoms with E-state index in [0.717, 1.165) is 0 Å². The van der Waals surface area contributed by atoms with Crippen LogP contribution in [0.2, 0.25) is 0 Å². The van der Waals surface area contributed by atoms with Gasteiger partial charge < -0.3 is 5.32 Å². The average Bonchev–Trinajstić information content (AvgIpc) is 2.48. The SMILES string of the molecule is CC(=Nc1ccc([N+](=O)[O-])cc1)Nc1ccc([N+](=O)[O-])cc1. The highest BCUT2D eigenvalue weighted by Crippen LogP contribution is 2.19. The second kappa shape index (κ2) is 6.44. The molecule has 0 aliphatic heterocycles. The molecule has 2 aromatic carbocycles. The van der Waals surface area contributed by atoms with Crippen molar-refractivity contribution in [2.45, 2.75) is 6.92 Å². The van der Waals surface area contributed by atoms with Gasteiger partial charge >= 0.3 is 0 Å². The van der Waals surface area contributed by atoms with Crippen molar-refractivity contribution < 1.29 is 9.85 Å². The van der Waals surface area contributed by atoms with E-state index in [-0.39, 0.29) is 11.4 Å². The minimum absolute atomic E-state index is 0.0000638. The molecular weight excluding hydrogens is 288 g/mol. The Bertz CT molecular complexity index is 724. The number of nitrogens with one attached hydrogen (secondary N) is 1. The number of nitrogens with zero attached hydrogens (tertiary/aromatic N) is 3. The van der Waals surface area contributed by atoms with Gasteiger partial charge in [-0.05, 0) is 31.2 Å². The summed E-state index contributed by atoms with van der Waals surface area (Å²) in [4.78, 5) is 24.4. The highest BCUT2D eigenvalue weighted by molar-refractivity contribution is 5.95. The first-order valence-corrected chi connectivity index (χ1v) is 6.27. The van der Waals surface area contributed by atoms with Crippen molar-refractivity contribution in [2.24, 2.45) is 4.99 Å². The van der Waals surface area contributed by atoms with Crippen LogP contribution in [0.1, 0.15) is 6.92 Å². The zero-order valence-electron chi connectivity index (χ0n) is 11.6. The summed E-state index contributed by atoms with van der Waals surface area (Å²) in [6.07, 6.45) is 0. The largest absolute Gasteiger partial charge is 0.344 e. The van der Waals surface area contributed by atoms with Gasteiger partial charge in [0.1, 0.15) is 5.84 Å². The Labute approximate surface area is 125 Å². The third-order valence-electron chi connectivity index (χ3n) is 2.76. The fourth-order valence-corrected chi connectivity index (χ4v) is 1.75. The Morgan fingerprint density at radius 2 is 1.36 bits per heavy atom. The smallest absolute Gasteiger partial charge is 0.269 e. The van der Waals surface area contributed by atoms with Crippen molar-refractivity contribution in [3.8, 4) is 0 Å². The predicted molar refractivity (Wildman–Crippen MR) is 82.6 cm³/mol. The molecular formula is C14H12N4O4. The lowest BCUT2D eigenvalue weighted by Gasteiger charge is -2.05. The van der Waals surface area contributed by atoms with E-state index in [4.69, 9.17) is 0 Å². The van der Waals surface area contributed by atoms with Crippen LogP contribution in [-0.2, 0) is 0 Å². The van der Waals surface area contributed by atoms with Gasteiger partial charge in [-0.25, -0.2) is 4.99 Å². The van der Waals surface area contributed by atoms with E-state index in [0.29, 0.717) is 17.2 Å². The summed E-state index contributed by atoms with van der Waals surface area (Å²) in [5.74, 6) is 0.558. The molecule has 0 amide bonds. The predicted octanol–water partition coefficient (Wildman–Crippen LogP) is 3.67. The Kier molecular flexibility index (Phi) is 4.42. The fourth-order valence-electron chi connectivity index (χ4n) is 1.75. The molecule has 0 atom stereocenters. The van der Waals surface area contributed by atoms with Gasteiger partial charge in [-0.2, -0.15) is 0 Å². The number of hydrogen-bond donors (Lipinski definition) is 1.